The van der Waals surface area contributed by atoms with Crippen molar-refractivity contribution in [1.29, 1.82) is 0 Å². The summed E-state index contributed by atoms with van der Waals surface area (Å²) in [6.07, 6.45) is 6.86. The monoisotopic (exact) mass is 1360 g/mol. The highest BCUT2D eigenvalue weighted by atomic mass is 127. The summed E-state index contributed by atoms with van der Waals surface area (Å²) in [7, 11) is -7.84. The molecule has 7 bridgehead atoms. The predicted octanol–water partition coefficient (Wildman–Crippen LogP) is 16.3. The van der Waals surface area contributed by atoms with Crippen molar-refractivity contribution in [2.24, 2.45) is 23.7 Å². The van der Waals surface area contributed by atoms with E-state index in [1.807, 2.05) is 24.3 Å². The molecule has 0 amide bonds. The second-order valence-electron chi connectivity index (χ2n) is 31.7. The van der Waals surface area contributed by atoms with Crippen LogP contribution < -0.4 is 0 Å². The summed E-state index contributed by atoms with van der Waals surface area (Å²) in [5, 5.41) is -0.525. The summed E-state index contributed by atoms with van der Waals surface area (Å²) in [5.74, 6) is -0.234. The van der Waals surface area contributed by atoms with Gasteiger partial charge >= 0.3 is 11.9 Å². The maximum atomic E-state index is 15.0. The quantitative estimate of drug-likeness (QED) is 0.0608. The first-order valence-corrected chi connectivity index (χ1v) is 43.3. The Labute approximate surface area is 536 Å². The summed E-state index contributed by atoms with van der Waals surface area (Å²) in [6.45, 7) is 49.2. The van der Waals surface area contributed by atoms with Crippen LogP contribution in [0.4, 0.5) is 0 Å². The smallest absolute Gasteiger partial charge is 0.338 e. The average Bonchev–Trinajstić information content (AvgIpc) is 0.916. The van der Waals surface area contributed by atoms with Crippen molar-refractivity contribution in [3.05, 3.63) is 60.2 Å². The third kappa shape index (κ3) is 17.3. The number of esters is 2. The molecule has 5 saturated heterocycles. The van der Waals surface area contributed by atoms with E-state index in [1.54, 1.807) is 12.1 Å². The standard InChI is InChI=1S/C69H115IO13Si3/c1-22-43(2)36-57-46(5)54-39-49(72)38-51-31-33-55-61(76-51)63(82-85(18,19)67(10,11)12)64(83-86(20,21)68(13,14)15)62(79-55)56(81-84(16,17)66(7,8)9)34-30-50(77-65(73)48-26-24-23-25-27-48)28-29-53-41-69(42-70)60(75-53)35-32-52(80-69)37-44(3)45(4)58(74-47(6)71)40-59(54)78-57/h23-27,30,34,43-44,46,50-64H,4,22,28-29,31-33,35-42H2,1-3,5-21H3/b34-30+/t43-,44-,46-,50?,51-,52-,53+,54?,55+,56+,57-,58-,59+,60+,61+,62+,63+,64-,69-/m1/s1. The van der Waals surface area contributed by atoms with Crippen molar-refractivity contribution in [3.8, 4) is 0 Å². The molecule has 5 fully saturated rings. The van der Waals surface area contributed by atoms with E-state index in [0.29, 0.717) is 62.8 Å². The molecule has 488 valence electrons. The lowest BCUT2D eigenvalue weighted by Gasteiger charge is -2.56. The molecule has 0 aliphatic carbocycles. The molecule has 0 N–H and O–H groups in total. The molecule has 2 unspecified atom stereocenters. The van der Waals surface area contributed by atoms with Gasteiger partial charge in [0.1, 0.15) is 48.0 Å². The van der Waals surface area contributed by atoms with Gasteiger partial charge in [-0.2, -0.15) is 0 Å². The minimum Gasteiger partial charge on any atom is -0.458 e. The third-order valence-electron chi connectivity index (χ3n) is 22.0. The Kier molecular flexibility index (Phi) is 24.0. The first kappa shape index (κ1) is 71.8. The van der Waals surface area contributed by atoms with Crippen LogP contribution in [0.1, 0.15) is 191 Å². The lowest BCUT2D eigenvalue weighted by molar-refractivity contribution is -0.266. The van der Waals surface area contributed by atoms with Crippen LogP contribution in [-0.4, -0.2) is 138 Å². The highest BCUT2D eigenvalue weighted by molar-refractivity contribution is 14.1. The fourth-order valence-electron chi connectivity index (χ4n) is 13.2. The van der Waals surface area contributed by atoms with Crippen molar-refractivity contribution in [1.82, 2.24) is 0 Å². The average molecular weight is 1360 g/mol. The van der Waals surface area contributed by atoms with Crippen LogP contribution in [0.2, 0.25) is 54.4 Å². The van der Waals surface area contributed by atoms with Crippen molar-refractivity contribution >= 4 is 65.3 Å². The van der Waals surface area contributed by atoms with Gasteiger partial charge in [0.15, 0.2) is 25.0 Å². The number of carbonyl (C=O) groups excluding carboxylic acids is 3. The highest BCUT2D eigenvalue weighted by Gasteiger charge is 2.59. The van der Waals surface area contributed by atoms with Crippen molar-refractivity contribution < 1.29 is 60.8 Å². The van der Waals surface area contributed by atoms with Crippen LogP contribution in [0, 0.1) is 23.7 Å². The van der Waals surface area contributed by atoms with Gasteiger partial charge in [0, 0.05) is 37.0 Å². The number of halogens is 1. The number of ether oxygens (including phenoxy) is 7. The zero-order chi connectivity index (χ0) is 63.7. The van der Waals surface area contributed by atoms with Crippen molar-refractivity contribution in [2.45, 2.75) is 326 Å². The normalized spacial score (nSPS) is 36.5. The SMILES string of the molecule is C=C1[C@H](C)C[C@H]2CC[C@@H]3O[C@@H](CCC(OC(=O)c4ccccc4)/C=C/[C@H](O[Si](C)(C)C(C)(C)C)[C@@H]4O[C@H]5CC[C@H](CC(=O)CC6[C@H](C[C@H]1OC(C)=O)O[C@H](C[C@H](C)CC)[C@@H]6C)O[C@@H]5[C@H](O[Si](C)(C)C(C)(C)C)[C@@H]4O[Si](C)(C)C(C)(C)C)C[C@]3(CI)O2. The minimum absolute atomic E-state index is 0.0400. The Morgan fingerprint density at radius 3 is 1.90 bits per heavy atom. The van der Waals surface area contributed by atoms with Gasteiger partial charge in [-0.05, 0) is 153 Å². The second-order valence-corrected chi connectivity index (χ2v) is 46.7. The van der Waals surface area contributed by atoms with E-state index >= 15 is 4.79 Å². The maximum absolute atomic E-state index is 15.0. The fraction of sp³-hybridized carbons (Fsp3) is 0.812. The molecule has 17 heteroatoms. The largest absolute Gasteiger partial charge is 0.458 e. The van der Waals surface area contributed by atoms with Crippen LogP contribution in [0.3, 0.4) is 0 Å². The molecule has 0 aromatic heterocycles. The first-order chi connectivity index (χ1) is 39.9. The number of Topliss-reactive ketones (excluding diaryl/α,β-unsaturated/α-hetero) is 1. The van der Waals surface area contributed by atoms with Gasteiger partial charge in [0.25, 0.3) is 0 Å². The number of carbonyl (C=O) groups is 3. The van der Waals surface area contributed by atoms with Crippen LogP contribution in [0.15, 0.2) is 54.6 Å². The molecule has 8 heterocycles. The van der Waals surface area contributed by atoms with Gasteiger partial charge < -0.3 is 46.4 Å². The second kappa shape index (κ2) is 28.7. The summed E-state index contributed by atoms with van der Waals surface area (Å²) in [5.41, 5.74) is 0.822. The Bertz CT molecular complexity index is 2470. The lowest BCUT2D eigenvalue weighted by atomic mass is 9.79. The molecule has 9 rings (SSSR count). The van der Waals surface area contributed by atoms with E-state index < -0.39 is 85.4 Å². The zero-order valence-corrected chi connectivity index (χ0v) is 61.9. The molecule has 86 heavy (non-hydrogen) atoms. The van der Waals surface area contributed by atoms with Crippen LogP contribution in [0.25, 0.3) is 0 Å². The van der Waals surface area contributed by atoms with E-state index in [1.165, 1.54) is 6.92 Å². The van der Waals surface area contributed by atoms with Crippen molar-refractivity contribution in [3.63, 3.8) is 0 Å². The maximum Gasteiger partial charge on any atom is 0.338 e. The molecule has 1 aromatic carbocycles. The lowest BCUT2D eigenvalue weighted by Crippen LogP contribution is -2.69. The van der Waals surface area contributed by atoms with E-state index in [-0.39, 0.29) is 87.7 Å². The molecule has 8 aliphatic heterocycles. The topological polar surface area (TPSA) is 144 Å². The van der Waals surface area contributed by atoms with Crippen molar-refractivity contribution in [2.75, 3.05) is 4.43 Å². The van der Waals surface area contributed by atoms with E-state index in [2.05, 4.69) is 165 Å². The van der Waals surface area contributed by atoms with E-state index in [0.717, 1.165) is 35.7 Å². The molecule has 0 saturated carbocycles. The summed E-state index contributed by atoms with van der Waals surface area (Å²) in [6, 6.07) is 9.21. The van der Waals surface area contributed by atoms with Gasteiger partial charge in [-0.3, -0.25) is 9.59 Å². The molecule has 0 radical (unpaired) electrons. The number of hydrogen-bond donors (Lipinski definition) is 0. The number of benzene rings is 1. The number of fused-ring (bicyclic) bond motifs is 2. The summed E-state index contributed by atoms with van der Waals surface area (Å²) >= 11 is 2.47. The van der Waals surface area contributed by atoms with E-state index in [4.69, 9.17) is 46.4 Å². The molecule has 8 aliphatic rings. The Hall–Kier alpha value is -1.63. The van der Waals surface area contributed by atoms with Crippen LogP contribution >= 0.6 is 22.6 Å². The minimum atomic E-state index is -2.64. The predicted molar refractivity (Wildman–Crippen MR) is 359 cm³/mol. The van der Waals surface area contributed by atoms with Crippen LogP contribution in [0.5, 0.6) is 0 Å². The number of alkyl halides is 1. The number of hydrogen-bond acceptors (Lipinski definition) is 13. The zero-order valence-electron chi connectivity index (χ0n) is 56.7. The fourth-order valence-corrected chi connectivity index (χ4v) is 18.0. The molecular formula is C69H115IO13Si3. The molecule has 13 nitrogen and oxygen atoms in total. The van der Waals surface area contributed by atoms with Gasteiger partial charge in [0.05, 0.1) is 54.4 Å². The van der Waals surface area contributed by atoms with E-state index in [9.17, 15) is 9.59 Å². The van der Waals surface area contributed by atoms with Gasteiger partial charge in [-0.15, -0.1) is 0 Å². The summed E-state index contributed by atoms with van der Waals surface area (Å²) < 4.78 is 73.3. The first-order valence-electron chi connectivity index (χ1n) is 33.1. The van der Waals surface area contributed by atoms with Gasteiger partial charge in [-0.1, -0.05) is 150 Å². The van der Waals surface area contributed by atoms with Gasteiger partial charge in [0.2, 0.25) is 0 Å². The Balaban J connectivity index is 1.36. The molecule has 0 spiro atoms. The Morgan fingerprint density at radius 2 is 1.30 bits per heavy atom. The highest BCUT2D eigenvalue weighted by Crippen LogP contribution is 2.50. The number of ketones is 1. The van der Waals surface area contributed by atoms with Crippen LogP contribution in [-0.2, 0) is 56.0 Å². The Morgan fingerprint density at radius 1 is 0.709 bits per heavy atom. The molecule has 1 aromatic rings. The molecule has 19 atom stereocenters. The number of rotatable bonds is 13. The van der Waals surface area contributed by atoms with Gasteiger partial charge in [-0.25, -0.2) is 4.79 Å². The summed E-state index contributed by atoms with van der Waals surface area (Å²) in [4.78, 5) is 42.3. The molecular weight excluding hydrogens is 1250 g/mol. The third-order valence-corrected chi connectivity index (χ3v) is 36.7.